The van der Waals surface area contributed by atoms with Crippen LogP contribution in [0.1, 0.15) is 28.4 Å². The lowest BCUT2D eigenvalue weighted by molar-refractivity contribution is -0.115. The largest absolute Gasteiger partial charge is 0.496 e. The van der Waals surface area contributed by atoms with E-state index in [9.17, 15) is 9.59 Å². The molecule has 1 heterocycles. The summed E-state index contributed by atoms with van der Waals surface area (Å²) >= 11 is 1.50. The minimum Gasteiger partial charge on any atom is -0.496 e. The van der Waals surface area contributed by atoms with Gasteiger partial charge in [-0.2, -0.15) is 0 Å². The average molecular weight is 370 g/mol. The first kappa shape index (κ1) is 18.3. The summed E-state index contributed by atoms with van der Waals surface area (Å²) in [6, 6.07) is 11.4. The number of anilines is 1. The van der Waals surface area contributed by atoms with Crippen molar-refractivity contribution in [2.45, 2.75) is 30.4 Å². The number of amides is 2. The maximum Gasteiger partial charge on any atom is 0.251 e. The van der Waals surface area contributed by atoms with Crippen molar-refractivity contribution in [3.63, 3.8) is 0 Å². The Hall–Kier alpha value is -2.47. The van der Waals surface area contributed by atoms with Crippen molar-refractivity contribution in [2.75, 3.05) is 19.0 Å². The molecule has 0 aromatic heterocycles. The SMILES string of the molecule is COc1ccc(C)cc1CCNC(=O)c1ccc2c(c1)NC(=O)C(C)S2. The number of methoxy groups -OCH3 is 1. The zero-order valence-corrected chi connectivity index (χ0v) is 15.9. The average Bonchev–Trinajstić information content (AvgIpc) is 2.62. The van der Waals surface area contributed by atoms with Crippen LogP contribution < -0.4 is 15.4 Å². The standard InChI is InChI=1S/C20H22N2O3S/c1-12-4-6-17(25-3)14(10-12)8-9-21-20(24)15-5-7-18-16(11-15)22-19(23)13(2)26-18/h4-7,10-11,13H,8-9H2,1-3H3,(H,21,24)(H,22,23). The maximum atomic E-state index is 12.4. The number of rotatable bonds is 5. The van der Waals surface area contributed by atoms with E-state index in [0.29, 0.717) is 24.2 Å². The van der Waals surface area contributed by atoms with Gasteiger partial charge in [0, 0.05) is 17.0 Å². The molecule has 0 fully saturated rings. The highest BCUT2D eigenvalue weighted by Gasteiger charge is 2.23. The van der Waals surface area contributed by atoms with Gasteiger partial charge in [0.25, 0.3) is 5.91 Å². The fraction of sp³-hybridized carbons (Fsp3) is 0.300. The summed E-state index contributed by atoms with van der Waals surface area (Å²) in [6.45, 7) is 4.40. The number of thioether (sulfide) groups is 1. The van der Waals surface area contributed by atoms with Gasteiger partial charge in [-0.3, -0.25) is 9.59 Å². The fourth-order valence-electron chi connectivity index (χ4n) is 2.87. The Labute approximate surface area is 157 Å². The smallest absolute Gasteiger partial charge is 0.251 e. The molecule has 2 aromatic rings. The van der Waals surface area contributed by atoms with Crippen molar-refractivity contribution in [3.05, 3.63) is 53.1 Å². The lowest BCUT2D eigenvalue weighted by Crippen LogP contribution is -2.28. The number of ether oxygens (including phenoxy) is 1. The van der Waals surface area contributed by atoms with Crippen molar-refractivity contribution >= 4 is 29.3 Å². The lowest BCUT2D eigenvalue weighted by Gasteiger charge is -2.21. The van der Waals surface area contributed by atoms with E-state index >= 15 is 0 Å². The van der Waals surface area contributed by atoms with Gasteiger partial charge in [-0.1, -0.05) is 17.7 Å². The minimum atomic E-state index is -0.155. The molecule has 1 aliphatic rings. The highest BCUT2D eigenvalue weighted by atomic mass is 32.2. The van der Waals surface area contributed by atoms with E-state index in [0.717, 1.165) is 21.8 Å². The first-order chi connectivity index (χ1) is 12.5. The number of nitrogens with one attached hydrogen (secondary N) is 2. The van der Waals surface area contributed by atoms with Gasteiger partial charge in [0.2, 0.25) is 5.91 Å². The molecule has 0 radical (unpaired) electrons. The molecule has 0 saturated heterocycles. The van der Waals surface area contributed by atoms with Crippen molar-refractivity contribution < 1.29 is 14.3 Å². The van der Waals surface area contributed by atoms with Crippen LogP contribution >= 0.6 is 11.8 Å². The van der Waals surface area contributed by atoms with Gasteiger partial charge in [-0.05, 0) is 50.1 Å². The van der Waals surface area contributed by atoms with Gasteiger partial charge in [-0.25, -0.2) is 0 Å². The predicted octanol–water partition coefficient (Wildman–Crippen LogP) is 3.41. The van der Waals surface area contributed by atoms with Crippen LogP contribution in [0.3, 0.4) is 0 Å². The molecule has 0 saturated carbocycles. The minimum absolute atomic E-state index is 0.0356. The molecule has 2 N–H and O–H groups in total. The molecule has 0 aliphatic carbocycles. The van der Waals surface area contributed by atoms with E-state index in [2.05, 4.69) is 16.7 Å². The monoisotopic (exact) mass is 370 g/mol. The summed E-state index contributed by atoms with van der Waals surface area (Å²) in [4.78, 5) is 25.2. The van der Waals surface area contributed by atoms with Crippen molar-refractivity contribution in [2.24, 2.45) is 0 Å². The molecular weight excluding hydrogens is 348 g/mol. The lowest BCUT2D eigenvalue weighted by atomic mass is 10.1. The Kier molecular flexibility index (Phi) is 5.52. The molecule has 5 nitrogen and oxygen atoms in total. The number of carbonyl (C=O) groups is 2. The van der Waals surface area contributed by atoms with Crippen molar-refractivity contribution in [1.29, 1.82) is 0 Å². The van der Waals surface area contributed by atoms with E-state index in [1.165, 1.54) is 11.8 Å². The van der Waals surface area contributed by atoms with Crippen molar-refractivity contribution in [3.8, 4) is 5.75 Å². The number of fused-ring (bicyclic) bond motifs is 1. The molecule has 136 valence electrons. The van der Waals surface area contributed by atoms with Gasteiger partial charge in [-0.15, -0.1) is 11.8 Å². The summed E-state index contributed by atoms with van der Waals surface area (Å²) in [6.07, 6.45) is 0.686. The second-order valence-electron chi connectivity index (χ2n) is 6.28. The second kappa shape index (κ2) is 7.83. The zero-order chi connectivity index (χ0) is 18.7. The number of hydrogen-bond donors (Lipinski definition) is 2. The first-order valence-corrected chi connectivity index (χ1v) is 9.39. The number of benzene rings is 2. The summed E-state index contributed by atoms with van der Waals surface area (Å²) < 4.78 is 5.37. The highest BCUT2D eigenvalue weighted by Crippen LogP contribution is 2.35. The van der Waals surface area contributed by atoms with Gasteiger partial charge in [0.05, 0.1) is 18.0 Å². The van der Waals surface area contributed by atoms with Gasteiger partial charge < -0.3 is 15.4 Å². The van der Waals surface area contributed by atoms with Gasteiger partial charge in [0.15, 0.2) is 0 Å². The Morgan fingerprint density at radius 2 is 2.08 bits per heavy atom. The van der Waals surface area contributed by atoms with Gasteiger partial charge >= 0.3 is 0 Å². The normalized spacial score (nSPS) is 15.8. The van der Waals surface area contributed by atoms with Crippen LogP contribution in [0.25, 0.3) is 0 Å². The third kappa shape index (κ3) is 4.02. The summed E-state index contributed by atoms with van der Waals surface area (Å²) in [7, 11) is 1.65. The van der Waals surface area contributed by atoms with E-state index in [-0.39, 0.29) is 17.1 Å². The fourth-order valence-corrected chi connectivity index (χ4v) is 3.80. The van der Waals surface area contributed by atoms with Gasteiger partial charge in [0.1, 0.15) is 5.75 Å². The van der Waals surface area contributed by atoms with Crippen LogP contribution in [0.4, 0.5) is 5.69 Å². The molecule has 0 spiro atoms. The molecular formula is C20H22N2O3S. The Balaban J connectivity index is 1.63. The van der Waals surface area contributed by atoms with Crippen LogP contribution in [0.15, 0.2) is 41.3 Å². The second-order valence-corrected chi connectivity index (χ2v) is 7.66. The molecule has 0 bridgehead atoms. The molecule has 1 atom stereocenters. The van der Waals surface area contributed by atoms with Crippen LogP contribution in [0, 0.1) is 6.92 Å². The van der Waals surface area contributed by atoms with E-state index in [1.54, 1.807) is 19.2 Å². The quantitative estimate of drug-likeness (QED) is 0.846. The van der Waals surface area contributed by atoms with E-state index in [4.69, 9.17) is 4.74 Å². The molecule has 26 heavy (non-hydrogen) atoms. The molecule has 2 aromatic carbocycles. The Bertz CT molecular complexity index is 851. The van der Waals surface area contributed by atoms with Crippen LogP contribution in [-0.2, 0) is 11.2 Å². The van der Waals surface area contributed by atoms with Crippen LogP contribution in [-0.4, -0.2) is 30.7 Å². The number of hydrogen-bond acceptors (Lipinski definition) is 4. The first-order valence-electron chi connectivity index (χ1n) is 8.51. The van der Waals surface area contributed by atoms with E-state index < -0.39 is 0 Å². The summed E-state index contributed by atoms with van der Waals surface area (Å²) in [5, 5.41) is 5.66. The summed E-state index contributed by atoms with van der Waals surface area (Å²) in [5.41, 5.74) is 3.46. The maximum absolute atomic E-state index is 12.4. The number of carbonyl (C=O) groups excluding carboxylic acids is 2. The molecule has 6 heteroatoms. The number of aryl methyl sites for hydroxylation is 1. The Morgan fingerprint density at radius 3 is 2.85 bits per heavy atom. The molecule has 1 unspecified atom stereocenters. The van der Waals surface area contributed by atoms with Crippen LogP contribution in [0.2, 0.25) is 0 Å². The zero-order valence-electron chi connectivity index (χ0n) is 15.1. The molecule has 3 rings (SSSR count). The van der Waals surface area contributed by atoms with Crippen LogP contribution in [0.5, 0.6) is 5.75 Å². The topological polar surface area (TPSA) is 67.4 Å². The van der Waals surface area contributed by atoms with Crippen molar-refractivity contribution in [1.82, 2.24) is 5.32 Å². The Morgan fingerprint density at radius 1 is 1.27 bits per heavy atom. The van der Waals surface area contributed by atoms with E-state index in [1.807, 2.05) is 32.0 Å². The molecule has 1 aliphatic heterocycles. The predicted molar refractivity (Wildman–Crippen MR) is 104 cm³/mol. The highest BCUT2D eigenvalue weighted by molar-refractivity contribution is 8.00. The summed E-state index contributed by atoms with van der Waals surface area (Å²) in [5.74, 6) is 0.636. The molecule has 2 amide bonds. The third-order valence-corrected chi connectivity index (χ3v) is 5.47. The third-order valence-electron chi connectivity index (χ3n) is 4.29.